The molecule has 3 heteroatoms. The van der Waals surface area contributed by atoms with E-state index in [-0.39, 0.29) is 17.1 Å². The second-order valence-electron chi connectivity index (χ2n) is 12.0. The molecular weight excluding hydrogens is 372 g/mol. The van der Waals surface area contributed by atoms with Gasteiger partial charge in [-0.15, -0.1) is 0 Å². The molecule has 4 rings (SSSR count). The molecular formula is C26H42O2Si. The summed E-state index contributed by atoms with van der Waals surface area (Å²) in [6.45, 7) is 15.2. The second kappa shape index (κ2) is 7.21. The molecule has 0 amide bonds. The Morgan fingerprint density at radius 2 is 1.90 bits per heavy atom. The van der Waals surface area contributed by atoms with Crippen molar-refractivity contribution in [2.45, 2.75) is 90.8 Å². The first kappa shape index (κ1) is 21.6. The van der Waals surface area contributed by atoms with Gasteiger partial charge in [-0.05, 0) is 79.5 Å². The lowest BCUT2D eigenvalue weighted by Gasteiger charge is -2.55. The van der Waals surface area contributed by atoms with Crippen LogP contribution in [0.5, 0.6) is 0 Å². The van der Waals surface area contributed by atoms with Crippen LogP contribution in [0.2, 0.25) is 18.1 Å². The van der Waals surface area contributed by atoms with Crippen LogP contribution in [0.4, 0.5) is 0 Å². The molecule has 0 spiro atoms. The number of aliphatic hydroxyl groups excluding tert-OH is 1. The summed E-state index contributed by atoms with van der Waals surface area (Å²) in [6.07, 6.45) is 16.2. The van der Waals surface area contributed by atoms with Gasteiger partial charge in [-0.25, -0.2) is 0 Å². The van der Waals surface area contributed by atoms with Crippen molar-refractivity contribution in [1.29, 1.82) is 0 Å². The van der Waals surface area contributed by atoms with Crippen LogP contribution in [-0.2, 0) is 4.43 Å². The monoisotopic (exact) mass is 414 g/mol. The summed E-state index contributed by atoms with van der Waals surface area (Å²) in [5, 5.41) is 10.5. The van der Waals surface area contributed by atoms with Crippen LogP contribution in [0, 0.1) is 22.7 Å². The molecule has 0 aromatic rings. The Labute approximate surface area is 179 Å². The summed E-state index contributed by atoms with van der Waals surface area (Å²) in [6, 6.07) is 0. The first-order valence-corrected chi connectivity index (χ1v) is 14.8. The molecule has 0 saturated heterocycles. The molecule has 1 N–H and O–H groups in total. The maximum absolute atomic E-state index is 10.2. The Bertz CT molecular complexity index is 753. The molecule has 0 heterocycles. The summed E-state index contributed by atoms with van der Waals surface area (Å²) in [4.78, 5) is 0. The second-order valence-corrected chi connectivity index (χ2v) is 16.8. The van der Waals surface area contributed by atoms with Crippen molar-refractivity contribution >= 4 is 8.32 Å². The molecule has 0 aliphatic heterocycles. The topological polar surface area (TPSA) is 29.5 Å². The van der Waals surface area contributed by atoms with Crippen molar-refractivity contribution in [3.05, 3.63) is 34.9 Å². The number of aliphatic hydroxyl groups is 1. The summed E-state index contributed by atoms with van der Waals surface area (Å²) >= 11 is 0. The maximum atomic E-state index is 10.2. The molecule has 4 aliphatic carbocycles. The van der Waals surface area contributed by atoms with E-state index in [0.717, 1.165) is 13.0 Å². The highest BCUT2D eigenvalue weighted by Crippen LogP contribution is 2.63. The molecule has 4 atom stereocenters. The van der Waals surface area contributed by atoms with Crippen molar-refractivity contribution in [2.24, 2.45) is 22.7 Å². The highest BCUT2D eigenvalue weighted by atomic mass is 28.4. The van der Waals surface area contributed by atoms with Gasteiger partial charge in [0.2, 0.25) is 0 Å². The van der Waals surface area contributed by atoms with Crippen molar-refractivity contribution in [1.82, 2.24) is 0 Å². The molecule has 0 bridgehead atoms. The van der Waals surface area contributed by atoms with Crippen molar-refractivity contribution in [3.63, 3.8) is 0 Å². The number of rotatable bonds is 4. The fourth-order valence-electron chi connectivity index (χ4n) is 6.57. The molecule has 0 aromatic carbocycles. The zero-order valence-electron chi connectivity index (χ0n) is 19.6. The Morgan fingerprint density at radius 3 is 2.59 bits per heavy atom. The van der Waals surface area contributed by atoms with Gasteiger partial charge in [-0.3, -0.25) is 0 Å². The zero-order valence-corrected chi connectivity index (χ0v) is 20.6. The van der Waals surface area contributed by atoms with E-state index in [1.165, 1.54) is 44.1 Å². The normalized spacial score (nSPS) is 37.1. The number of fused-ring (bicyclic) bond motifs is 5. The molecule has 0 unspecified atom stereocenters. The zero-order chi connectivity index (χ0) is 21.1. The van der Waals surface area contributed by atoms with E-state index in [1.54, 1.807) is 11.1 Å². The smallest absolute Gasteiger partial charge is 0.192 e. The number of allylic oxidation sites excluding steroid dienone is 5. The quantitative estimate of drug-likeness (QED) is 0.405. The third-order valence-electron chi connectivity index (χ3n) is 9.63. The number of hydrogen-bond donors (Lipinski definition) is 1. The molecule has 29 heavy (non-hydrogen) atoms. The van der Waals surface area contributed by atoms with E-state index in [0.29, 0.717) is 17.3 Å². The lowest BCUT2D eigenvalue weighted by Crippen LogP contribution is -2.50. The van der Waals surface area contributed by atoms with Gasteiger partial charge < -0.3 is 9.53 Å². The minimum atomic E-state index is -1.82. The third-order valence-corrected chi connectivity index (χ3v) is 14.1. The average Bonchev–Trinajstić information content (AvgIpc) is 3.04. The van der Waals surface area contributed by atoms with Gasteiger partial charge in [0.25, 0.3) is 0 Å². The van der Waals surface area contributed by atoms with Crippen LogP contribution in [0.15, 0.2) is 34.9 Å². The molecule has 2 fully saturated rings. The van der Waals surface area contributed by atoms with Crippen LogP contribution < -0.4 is 0 Å². The van der Waals surface area contributed by atoms with Gasteiger partial charge in [0.1, 0.15) is 0 Å². The van der Waals surface area contributed by atoms with Crippen LogP contribution in [0.1, 0.15) is 72.6 Å². The van der Waals surface area contributed by atoms with Crippen molar-refractivity contribution < 1.29 is 9.53 Å². The van der Waals surface area contributed by atoms with E-state index in [9.17, 15) is 5.11 Å². The van der Waals surface area contributed by atoms with Crippen molar-refractivity contribution in [3.8, 4) is 0 Å². The molecule has 0 radical (unpaired) electrons. The van der Waals surface area contributed by atoms with E-state index in [2.05, 4.69) is 59.0 Å². The van der Waals surface area contributed by atoms with Crippen LogP contribution in [0.3, 0.4) is 0 Å². The predicted molar refractivity (Wildman–Crippen MR) is 124 cm³/mol. The van der Waals surface area contributed by atoms with E-state index >= 15 is 0 Å². The van der Waals surface area contributed by atoms with Crippen molar-refractivity contribution in [2.75, 3.05) is 13.2 Å². The first-order valence-electron chi connectivity index (χ1n) is 11.9. The molecule has 0 aromatic heterocycles. The van der Waals surface area contributed by atoms with Crippen LogP contribution >= 0.6 is 0 Å². The predicted octanol–water partition coefficient (Wildman–Crippen LogP) is 6.79. The van der Waals surface area contributed by atoms with E-state index in [4.69, 9.17) is 4.43 Å². The lowest BCUT2D eigenvalue weighted by atomic mass is 9.50. The van der Waals surface area contributed by atoms with Gasteiger partial charge in [0.05, 0.1) is 6.61 Å². The van der Waals surface area contributed by atoms with E-state index < -0.39 is 8.32 Å². The average molecular weight is 415 g/mol. The van der Waals surface area contributed by atoms with E-state index in [1.807, 2.05) is 0 Å². The molecule has 162 valence electrons. The molecule has 2 nitrogen and oxygen atoms in total. The van der Waals surface area contributed by atoms with Crippen LogP contribution in [-0.4, -0.2) is 26.6 Å². The van der Waals surface area contributed by atoms with Gasteiger partial charge in [-0.1, -0.05) is 63.5 Å². The standard InChI is InChI=1S/C26H42O2Si/c1-24(2,3)29(5,6)28-18-26-16-14-22-21(23(26)13-11-20(26)17-27)12-10-19-9-7-8-15-25(19,22)4/h10-12,22-23,27H,7-9,13-18H2,1-6H3/t22-,23-,25-,26-/m0/s1. The summed E-state index contributed by atoms with van der Waals surface area (Å²) in [5.74, 6) is 1.21. The van der Waals surface area contributed by atoms with Gasteiger partial charge in [0, 0.05) is 12.0 Å². The minimum absolute atomic E-state index is 0.0168. The Morgan fingerprint density at radius 1 is 1.14 bits per heavy atom. The third kappa shape index (κ3) is 3.27. The Balaban J connectivity index is 1.66. The summed E-state index contributed by atoms with van der Waals surface area (Å²) < 4.78 is 6.83. The van der Waals surface area contributed by atoms with Gasteiger partial charge in [0.15, 0.2) is 8.32 Å². The molecule has 2 saturated carbocycles. The Kier molecular flexibility index (Phi) is 5.36. The molecule has 4 aliphatic rings. The van der Waals surface area contributed by atoms with Crippen LogP contribution in [0.25, 0.3) is 0 Å². The number of hydrogen-bond acceptors (Lipinski definition) is 2. The largest absolute Gasteiger partial charge is 0.416 e. The fraction of sp³-hybridized carbons (Fsp3) is 0.769. The maximum Gasteiger partial charge on any atom is 0.192 e. The summed E-state index contributed by atoms with van der Waals surface area (Å²) in [5.41, 5.74) is 5.02. The first-order chi connectivity index (χ1) is 13.6. The fourth-order valence-corrected chi connectivity index (χ4v) is 7.62. The highest BCUT2D eigenvalue weighted by molar-refractivity contribution is 6.74. The summed E-state index contributed by atoms with van der Waals surface area (Å²) in [7, 11) is -1.82. The Hall–Kier alpha value is -0.643. The van der Waals surface area contributed by atoms with Gasteiger partial charge in [-0.2, -0.15) is 0 Å². The SMILES string of the molecule is CC(C)(C)[Si](C)(C)OC[C@]12CC[C@H]3C(=CC=C4CCCC[C@@]43C)[C@@H]1CC=C2CO. The lowest BCUT2D eigenvalue weighted by molar-refractivity contribution is 0.0500. The minimum Gasteiger partial charge on any atom is -0.416 e. The highest BCUT2D eigenvalue weighted by Gasteiger charge is 2.56. The van der Waals surface area contributed by atoms with Gasteiger partial charge >= 0.3 is 0 Å².